The number of carbonyl (C=O) groups excluding carboxylic acids is 1. The lowest BCUT2D eigenvalue weighted by atomic mass is 9.99. The van der Waals surface area contributed by atoms with Gasteiger partial charge in [0.2, 0.25) is 7.85 Å². The maximum absolute atomic E-state index is 11.8. The third-order valence-electron chi connectivity index (χ3n) is 0.634. The smallest absolute Gasteiger partial charge is 0.366 e. The van der Waals surface area contributed by atoms with Crippen LogP contribution in [0.5, 0.6) is 0 Å². The van der Waals surface area contributed by atoms with E-state index >= 15 is 0 Å². The van der Waals surface area contributed by atoms with Crippen LogP contribution in [0, 0.1) is 0 Å². The third-order valence-corrected chi connectivity index (χ3v) is 0.634. The number of hydrogen-bond donors (Lipinski definition) is 0. The van der Waals surface area contributed by atoms with Gasteiger partial charge in [-0.3, -0.25) is 0 Å². The molecule has 0 unspecified atom stereocenters. The normalized spacial score (nSPS) is 11.0. The monoisotopic (exact) mass is 136 g/mol. The fourth-order valence-electron chi connectivity index (χ4n) is 0.258. The number of ether oxygens (including phenoxy) is 1. The van der Waals surface area contributed by atoms with E-state index in [1.54, 1.807) is 0 Å². The number of carbonyl (C=O) groups is 1. The van der Waals surface area contributed by atoms with Crippen LogP contribution < -0.4 is 0 Å². The van der Waals surface area contributed by atoms with Crippen molar-refractivity contribution >= 4 is 13.8 Å². The van der Waals surface area contributed by atoms with Gasteiger partial charge >= 0.3 is 5.97 Å². The highest BCUT2D eigenvalue weighted by Gasteiger charge is 2.33. The van der Waals surface area contributed by atoms with Crippen LogP contribution in [0.2, 0.25) is 0 Å². The molecule has 0 aromatic rings. The molecule has 0 aromatic carbocycles. The second-order valence-corrected chi connectivity index (χ2v) is 1.61. The van der Waals surface area contributed by atoms with Crippen molar-refractivity contribution in [1.29, 1.82) is 0 Å². The molecule has 0 aromatic heterocycles. The van der Waals surface area contributed by atoms with Gasteiger partial charge in [0.25, 0.3) is 5.82 Å². The zero-order valence-electron chi connectivity index (χ0n) is 5.28. The van der Waals surface area contributed by atoms with Crippen molar-refractivity contribution in [3.05, 3.63) is 0 Å². The molecule has 52 valence electrons. The molecule has 0 amide bonds. The van der Waals surface area contributed by atoms with Crippen molar-refractivity contribution in [2.45, 2.75) is 12.7 Å². The first-order valence-corrected chi connectivity index (χ1v) is 2.53. The largest absolute Gasteiger partial charge is 0.462 e. The quantitative estimate of drug-likeness (QED) is 0.387. The number of rotatable bonds is 2. The summed E-state index contributed by atoms with van der Waals surface area (Å²) in [7, 11) is 0.505. The molecule has 0 heterocycles. The predicted octanol–water partition coefficient (Wildman–Crippen LogP) is -0.225. The SMILES string of the molecule is BC(F)(F)C(=O)OCC. The van der Waals surface area contributed by atoms with Gasteiger partial charge in [-0.2, -0.15) is 0 Å². The van der Waals surface area contributed by atoms with Crippen molar-refractivity contribution in [2.75, 3.05) is 6.61 Å². The standard InChI is InChI=1S/C4H7BF2O2/c1-2-9-3(8)4(5,6)7/h2,5H2,1H3. The van der Waals surface area contributed by atoms with Gasteiger partial charge in [-0.05, 0) is 6.92 Å². The van der Waals surface area contributed by atoms with Crippen LogP contribution in [0.3, 0.4) is 0 Å². The van der Waals surface area contributed by atoms with Crippen LogP contribution in [-0.2, 0) is 9.53 Å². The summed E-state index contributed by atoms with van der Waals surface area (Å²) < 4.78 is 27.7. The van der Waals surface area contributed by atoms with E-state index in [1.165, 1.54) is 6.92 Å². The summed E-state index contributed by atoms with van der Waals surface area (Å²) >= 11 is 0. The van der Waals surface area contributed by atoms with Gasteiger partial charge in [-0.1, -0.05) is 0 Å². The van der Waals surface area contributed by atoms with Gasteiger partial charge in [-0.25, -0.2) is 13.6 Å². The van der Waals surface area contributed by atoms with Gasteiger partial charge in [0.05, 0.1) is 6.61 Å². The maximum atomic E-state index is 11.8. The predicted molar refractivity (Wildman–Crippen MR) is 30.1 cm³/mol. The molecule has 0 spiro atoms. The molecule has 0 saturated carbocycles. The molecule has 9 heavy (non-hydrogen) atoms. The molecule has 0 N–H and O–H groups in total. The Bertz CT molecular complexity index is 110. The van der Waals surface area contributed by atoms with Crippen molar-refractivity contribution < 1.29 is 18.3 Å². The van der Waals surface area contributed by atoms with E-state index in [0.29, 0.717) is 7.85 Å². The van der Waals surface area contributed by atoms with E-state index < -0.39 is 11.8 Å². The molecule has 2 nitrogen and oxygen atoms in total. The highest BCUT2D eigenvalue weighted by atomic mass is 19.3. The van der Waals surface area contributed by atoms with E-state index in [2.05, 4.69) is 4.74 Å². The Morgan fingerprint density at radius 3 is 2.33 bits per heavy atom. The minimum absolute atomic E-state index is 0.0116. The third kappa shape index (κ3) is 3.05. The van der Waals surface area contributed by atoms with Gasteiger partial charge in [-0.15, -0.1) is 0 Å². The zero-order chi connectivity index (χ0) is 7.49. The molecule has 0 atom stereocenters. The van der Waals surface area contributed by atoms with Gasteiger partial charge < -0.3 is 4.74 Å². The number of esters is 1. The Balaban J connectivity index is 3.74. The average molecular weight is 136 g/mol. The van der Waals surface area contributed by atoms with Crippen molar-refractivity contribution in [2.24, 2.45) is 0 Å². The van der Waals surface area contributed by atoms with Crippen molar-refractivity contribution in [3.63, 3.8) is 0 Å². The molecule has 0 aliphatic heterocycles. The first kappa shape index (κ1) is 8.39. The minimum atomic E-state index is -3.35. The zero-order valence-corrected chi connectivity index (χ0v) is 5.28. The lowest BCUT2D eigenvalue weighted by Crippen LogP contribution is -2.30. The van der Waals surface area contributed by atoms with Crippen LogP contribution in [0.15, 0.2) is 0 Å². The van der Waals surface area contributed by atoms with Crippen molar-refractivity contribution in [3.8, 4) is 0 Å². The summed E-state index contributed by atoms with van der Waals surface area (Å²) in [5, 5.41) is 0. The Kier molecular flexibility index (Phi) is 2.61. The summed E-state index contributed by atoms with van der Waals surface area (Å²) in [5.74, 6) is -4.82. The lowest BCUT2D eigenvalue weighted by Gasteiger charge is -2.07. The van der Waals surface area contributed by atoms with Crippen LogP contribution in [0.1, 0.15) is 6.92 Å². The summed E-state index contributed by atoms with van der Waals surface area (Å²) in [6.07, 6.45) is 0. The minimum Gasteiger partial charge on any atom is -0.462 e. The molecule has 0 rings (SSSR count). The van der Waals surface area contributed by atoms with E-state index in [-0.39, 0.29) is 6.61 Å². The molecule has 0 fully saturated rings. The van der Waals surface area contributed by atoms with Crippen LogP contribution in [0.25, 0.3) is 0 Å². The molecule has 0 saturated heterocycles. The fourth-order valence-corrected chi connectivity index (χ4v) is 0.258. The van der Waals surface area contributed by atoms with Gasteiger partial charge in [0, 0.05) is 0 Å². The maximum Gasteiger partial charge on any atom is 0.366 e. The molecular weight excluding hydrogens is 129 g/mol. The van der Waals surface area contributed by atoms with Crippen LogP contribution in [0.4, 0.5) is 8.78 Å². The van der Waals surface area contributed by atoms with E-state index in [4.69, 9.17) is 0 Å². The average Bonchev–Trinajstić information content (AvgIpc) is 1.64. The van der Waals surface area contributed by atoms with Gasteiger partial charge in [0.1, 0.15) is 0 Å². The summed E-state index contributed by atoms with van der Waals surface area (Å²) in [6, 6.07) is 0. The van der Waals surface area contributed by atoms with Crippen LogP contribution in [-0.4, -0.2) is 26.2 Å². The summed E-state index contributed by atoms with van der Waals surface area (Å²) in [5.41, 5.74) is 0. The summed E-state index contributed by atoms with van der Waals surface area (Å²) in [4.78, 5) is 10.1. The van der Waals surface area contributed by atoms with E-state index in [1.807, 2.05) is 0 Å². The lowest BCUT2D eigenvalue weighted by molar-refractivity contribution is -0.160. The first-order chi connectivity index (χ1) is 3.98. The highest BCUT2D eigenvalue weighted by Crippen LogP contribution is 2.08. The number of alkyl halides is 2. The van der Waals surface area contributed by atoms with Gasteiger partial charge in [0.15, 0.2) is 0 Å². The second kappa shape index (κ2) is 2.80. The highest BCUT2D eigenvalue weighted by molar-refractivity contribution is 6.24. The van der Waals surface area contributed by atoms with E-state index in [0.717, 1.165) is 0 Å². The van der Waals surface area contributed by atoms with E-state index in [9.17, 15) is 13.6 Å². The Morgan fingerprint density at radius 2 is 2.22 bits per heavy atom. The topological polar surface area (TPSA) is 26.3 Å². The molecule has 5 heteroatoms. The number of halogens is 2. The Morgan fingerprint density at radius 1 is 1.78 bits per heavy atom. The van der Waals surface area contributed by atoms with Crippen LogP contribution >= 0.6 is 0 Å². The molecular formula is C4H7BF2O2. The molecule has 0 bridgehead atoms. The fraction of sp³-hybridized carbons (Fsp3) is 0.750. The first-order valence-electron chi connectivity index (χ1n) is 2.53. The Hall–Kier alpha value is -0.605. The molecule has 0 aliphatic carbocycles. The van der Waals surface area contributed by atoms with Crippen molar-refractivity contribution in [1.82, 2.24) is 0 Å². The second-order valence-electron chi connectivity index (χ2n) is 1.61. The Labute approximate surface area is 52.6 Å². The molecule has 0 aliphatic rings. The molecule has 0 radical (unpaired) electrons. The summed E-state index contributed by atoms with van der Waals surface area (Å²) in [6.45, 7) is 1.46. The number of hydrogen-bond acceptors (Lipinski definition) is 2.